The molecule has 1 fully saturated rings. The molecule has 0 aliphatic heterocycles. The van der Waals surface area contributed by atoms with Gasteiger partial charge in [-0.1, -0.05) is 6.92 Å². The summed E-state index contributed by atoms with van der Waals surface area (Å²) in [6.45, 7) is 10.3. The van der Waals surface area contributed by atoms with Gasteiger partial charge in [-0.3, -0.25) is 14.6 Å². The zero-order valence-corrected chi connectivity index (χ0v) is 14.6. The average Bonchev–Trinajstić information content (AvgIpc) is 3.30. The molecule has 1 heterocycles. The lowest BCUT2D eigenvalue weighted by atomic mass is 10.2. The molecule has 1 aromatic rings. The Kier molecular flexibility index (Phi) is 5.83. The minimum absolute atomic E-state index is 0.755. The molecule has 1 aromatic heterocycles. The highest BCUT2D eigenvalue weighted by atomic mass is 15.3. The molecule has 0 unspecified atom stereocenters. The zero-order valence-electron chi connectivity index (χ0n) is 14.6. The first-order valence-corrected chi connectivity index (χ1v) is 8.24. The molecule has 0 aromatic carbocycles. The summed E-state index contributed by atoms with van der Waals surface area (Å²) < 4.78 is 1.93. The number of rotatable bonds is 7. The number of likely N-dealkylation sites (N-methyl/N-ethyl adjacent to an activating group) is 1. The normalized spacial score (nSPS) is 15.5. The molecule has 1 saturated carbocycles. The maximum absolute atomic E-state index is 4.45. The van der Waals surface area contributed by atoms with E-state index in [1.807, 2.05) is 18.8 Å². The second kappa shape index (κ2) is 7.63. The van der Waals surface area contributed by atoms with E-state index in [2.05, 4.69) is 46.4 Å². The summed E-state index contributed by atoms with van der Waals surface area (Å²) >= 11 is 0. The van der Waals surface area contributed by atoms with Gasteiger partial charge in [-0.05, 0) is 33.2 Å². The van der Waals surface area contributed by atoms with Crippen molar-refractivity contribution in [2.75, 3.05) is 26.7 Å². The number of nitrogens with one attached hydrogen (secondary N) is 2. The molecule has 0 atom stereocenters. The Balaban J connectivity index is 1.77. The summed E-state index contributed by atoms with van der Waals surface area (Å²) in [6, 6.07) is 0.822. The molecule has 22 heavy (non-hydrogen) atoms. The van der Waals surface area contributed by atoms with E-state index in [1.165, 1.54) is 24.1 Å². The molecule has 0 amide bonds. The maximum Gasteiger partial charge on any atom is 0.191 e. The Bertz CT molecular complexity index is 515. The Morgan fingerprint density at radius 1 is 1.36 bits per heavy atom. The van der Waals surface area contributed by atoms with Crippen LogP contribution in [-0.4, -0.2) is 53.4 Å². The smallest absolute Gasteiger partial charge is 0.191 e. The molecule has 2 N–H and O–H groups in total. The Labute approximate surface area is 134 Å². The van der Waals surface area contributed by atoms with E-state index in [1.54, 1.807) is 0 Å². The molecule has 1 aliphatic carbocycles. The van der Waals surface area contributed by atoms with E-state index in [0.717, 1.165) is 43.9 Å². The van der Waals surface area contributed by atoms with Crippen molar-refractivity contribution in [3.8, 4) is 0 Å². The van der Waals surface area contributed by atoms with Crippen LogP contribution in [0.15, 0.2) is 4.99 Å². The molecule has 6 heteroatoms. The highest BCUT2D eigenvalue weighted by molar-refractivity contribution is 5.79. The van der Waals surface area contributed by atoms with Gasteiger partial charge >= 0.3 is 0 Å². The fourth-order valence-corrected chi connectivity index (χ4v) is 2.82. The van der Waals surface area contributed by atoms with Gasteiger partial charge in [-0.2, -0.15) is 5.10 Å². The number of hydrogen-bond acceptors (Lipinski definition) is 3. The van der Waals surface area contributed by atoms with Crippen LogP contribution in [0.2, 0.25) is 0 Å². The summed E-state index contributed by atoms with van der Waals surface area (Å²) in [7, 11) is 3.80. The van der Waals surface area contributed by atoms with E-state index in [4.69, 9.17) is 0 Å². The predicted molar refractivity (Wildman–Crippen MR) is 91.2 cm³/mol. The summed E-state index contributed by atoms with van der Waals surface area (Å²) in [5.41, 5.74) is 3.53. The van der Waals surface area contributed by atoms with Crippen LogP contribution in [0.3, 0.4) is 0 Å². The third kappa shape index (κ3) is 4.22. The SMILES string of the molecule is CCN(CCNC(=NC)NCc1c(C)nn(C)c1C)C1CC1. The second-order valence-corrected chi connectivity index (χ2v) is 5.99. The highest BCUT2D eigenvalue weighted by Gasteiger charge is 2.27. The number of hydrogen-bond donors (Lipinski definition) is 2. The number of aryl methyl sites for hydroxylation is 2. The second-order valence-electron chi connectivity index (χ2n) is 5.99. The highest BCUT2D eigenvalue weighted by Crippen LogP contribution is 2.25. The zero-order chi connectivity index (χ0) is 16.1. The van der Waals surface area contributed by atoms with E-state index < -0.39 is 0 Å². The van der Waals surface area contributed by atoms with Crippen LogP contribution in [-0.2, 0) is 13.6 Å². The third-order valence-electron chi connectivity index (χ3n) is 4.48. The minimum Gasteiger partial charge on any atom is -0.355 e. The van der Waals surface area contributed by atoms with Crippen molar-refractivity contribution >= 4 is 5.96 Å². The first kappa shape index (κ1) is 16.8. The van der Waals surface area contributed by atoms with Crippen molar-refractivity contribution < 1.29 is 0 Å². The average molecular weight is 306 g/mol. The molecular weight excluding hydrogens is 276 g/mol. The van der Waals surface area contributed by atoms with Gasteiger partial charge < -0.3 is 10.6 Å². The monoisotopic (exact) mass is 306 g/mol. The van der Waals surface area contributed by atoms with Gasteiger partial charge in [0.15, 0.2) is 5.96 Å². The maximum atomic E-state index is 4.45. The summed E-state index contributed by atoms with van der Waals surface area (Å²) in [4.78, 5) is 6.84. The van der Waals surface area contributed by atoms with Crippen LogP contribution in [0.5, 0.6) is 0 Å². The van der Waals surface area contributed by atoms with Crippen molar-refractivity contribution in [1.82, 2.24) is 25.3 Å². The van der Waals surface area contributed by atoms with Crippen molar-refractivity contribution in [2.45, 2.75) is 46.2 Å². The largest absolute Gasteiger partial charge is 0.355 e. The fourth-order valence-electron chi connectivity index (χ4n) is 2.82. The van der Waals surface area contributed by atoms with E-state index in [-0.39, 0.29) is 0 Å². The summed E-state index contributed by atoms with van der Waals surface area (Å²) in [6.07, 6.45) is 2.72. The van der Waals surface area contributed by atoms with Crippen molar-refractivity contribution in [2.24, 2.45) is 12.0 Å². The molecule has 1 aliphatic rings. The molecule has 0 saturated heterocycles. The number of aliphatic imine (C=N–C) groups is 1. The van der Waals surface area contributed by atoms with Crippen LogP contribution in [0.1, 0.15) is 36.7 Å². The van der Waals surface area contributed by atoms with Crippen LogP contribution in [0, 0.1) is 13.8 Å². The lowest BCUT2D eigenvalue weighted by Gasteiger charge is -2.20. The molecule has 124 valence electrons. The fraction of sp³-hybridized carbons (Fsp3) is 0.750. The van der Waals surface area contributed by atoms with Crippen LogP contribution < -0.4 is 10.6 Å². The van der Waals surface area contributed by atoms with Gasteiger partial charge in [0.25, 0.3) is 0 Å². The predicted octanol–water partition coefficient (Wildman–Crippen LogP) is 1.19. The number of aromatic nitrogens is 2. The topological polar surface area (TPSA) is 57.5 Å². The quantitative estimate of drug-likeness (QED) is 0.587. The van der Waals surface area contributed by atoms with Gasteiger partial charge in [0.1, 0.15) is 0 Å². The minimum atomic E-state index is 0.755. The molecular formula is C16H30N6. The Morgan fingerprint density at radius 3 is 2.59 bits per heavy atom. The lowest BCUT2D eigenvalue weighted by Crippen LogP contribution is -2.41. The Morgan fingerprint density at radius 2 is 2.09 bits per heavy atom. The van der Waals surface area contributed by atoms with E-state index in [9.17, 15) is 0 Å². The van der Waals surface area contributed by atoms with Crippen LogP contribution in [0.4, 0.5) is 0 Å². The van der Waals surface area contributed by atoms with Crippen molar-refractivity contribution in [3.05, 3.63) is 17.0 Å². The summed E-state index contributed by atoms with van der Waals surface area (Å²) in [5, 5.41) is 11.2. The number of nitrogens with zero attached hydrogens (tertiary/aromatic N) is 4. The molecule has 6 nitrogen and oxygen atoms in total. The molecule has 2 rings (SSSR count). The van der Waals surface area contributed by atoms with E-state index in [0.29, 0.717) is 0 Å². The van der Waals surface area contributed by atoms with Crippen molar-refractivity contribution in [1.29, 1.82) is 0 Å². The number of guanidine groups is 1. The first-order valence-electron chi connectivity index (χ1n) is 8.24. The standard InChI is InChI=1S/C16H30N6/c1-6-22(14-7-8-14)10-9-18-16(17-4)19-11-15-12(2)20-21(5)13(15)3/h14H,6-11H2,1-5H3,(H2,17,18,19). The van der Waals surface area contributed by atoms with Gasteiger partial charge in [0, 0.05) is 51.0 Å². The van der Waals surface area contributed by atoms with Crippen LogP contribution >= 0.6 is 0 Å². The third-order valence-corrected chi connectivity index (χ3v) is 4.48. The molecule has 0 bridgehead atoms. The Hall–Kier alpha value is -1.56. The summed E-state index contributed by atoms with van der Waals surface area (Å²) in [5.74, 6) is 0.856. The van der Waals surface area contributed by atoms with Gasteiger partial charge in [0.2, 0.25) is 0 Å². The van der Waals surface area contributed by atoms with Gasteiger partial charge in [-0.25, -0.2) is 0 Å². The van der Waals surface area contributed by atoms with E-state index >= 15 is 0 Å². The molecule has 0 spiro atoms. The van der Waals surface area contributed by atoms with Crippen LogP contribution in [0.25, 0.3) is 0 Å². The van der Waals surface area contributed by atoms with Crippen molar-refractivity contribution in [3.63, 3.8) is 0 Å². The van der Waals surface area contributed by atoms with Gasteiger partial charge in [0.05, 0.1) is 5.69 Å². The van der Waals surface area contributed by atoms with Gasteiger partial charge in [-0.15, -0.1) is 0 Å². The molecule has 0 radical (unpaired) electrons. The first-order chi connectivity index (χ1) is 10.6. The lowest BCUT2D eigenvalue weighted by molar-refractivity contribution is 0.282.